The van der Waals surface area contributed by atoms with Gasteiger partial charge in [-0.05, 0) is 30.0 Å². The van der Waals surface area contributed by atoms with Gasteiger partial charge in [0.2, 0.25) is 15.9 Å². The molecule has 0 heterocycles. The van der Waals surface area contributed by atoms with Crippen molar-refractivity contribution < 1.29 is 22.7 Å². The summed E-state index contributed by atoms with van der Waals surface area (Å²) in [4.78, 5) is 12.9. The Morgan fingerprint density at radius 3 is 2.27 bits per heavy atom. The van der Waals surface area contributed by atoms with Crippen molar-refractivity contribution >= 4 is 21.6 Å². The first-order valence-corrected chi connectivity index (χ1v) is 11.5. The number of rotatable bonds is 10. The lowest BCUT2D eigenvalue weighted by molar-refractivity contribution is -0.120. The smallest absolute Gasteiger partial charge is 0.241 e. The Morgan fingerprint density at radius 2 is 1.73 bits per heavy atom. The molecule has 1 atom stereocenters. The lowest BCUT2D eigenvalue weighted by Gasteiger charge is -2.26. The molecule has 0 spiro atoms. The summed E-state index contributed by atoms with van der Waals surface area (Å²) in [5.41, 5.74) is 1.22. The van der Waals surface area contributed by atoms with Crippen molar-refractivity contribution in [1.29, 1.82) is 0 Å². The van der Waals surface area contributed by atoms with E-state index in [0.717, 1.165) is 22.5 Å². The van der Waals surface area contributed by atoms with Crippen LogP contribution in [0.15, 0.2) is 48.5 Å². The quantitative estimate of drug-likeness (QED) is 0.620. The summed E-state index contributed by atoms with van der Waals surface area (Å²) < 4.78 is 36.6. The number of anilines is 1. The van der Waals surface area contributed by atoms with Crippen LogP contribution in [0.5, 0.6) is 11.5 Å². The van der Waals surface area contributed by atoms with Crippen LogP contribution in [-0.2, 0) is 14.8 Å². The van der Waals surface area contributed by atoms with Crippen LogP contribution in [0.25, 0.3) is 0 Å². The van der Waals surface area contributed by atoms with E-state index >= 15 is 0 Å². The van der Waals surface area contributed by atoms with Crippen molar-refractivity contribution in [2.24, 2.45) is 5.92 Å². The van der Waals surface area contributed by atoms with Crippen molar-refractivity contribution in [3.63, 3.8) is 0 Å². The van der Waals surface area contributed by atoms with E-state index in [0.29, 0.717) is 17.4 Å². The third kappa shape index (κ3) is 6.38. The molecule has 0 aliphatic heterocycles. The Morgan fingerprint density at radius 1 is 1.07 bits per heavy atom. The number of carbonyl (C=O) groups is 1. The lowest BCUT2D eigenvalue weighted by atomic mass is 9.97. The molecule has 2 rings (SSSR count). The Kier molecular flexibility index (Phi) is 8.11. The largest absolute Gasteiger partial charge is 0.497 e. The summed E-state index contributed by atoms with van der Waals surface area (Å²) in [5.74, 6) is 0.734. The highest BCUT2D eigenvalue weighted by Crippen LogP contribution is 2.33. The molecular formula is C22H30N2O5S. The first-order chi connectivity index (χ1) is 14.2. The zero-order chi connectivity index (χ0) is 22.3. The summed E-state index contributed by atoms with van der Waals surface area (Å²) in [7, 11) is -0.827. The van der Waals surface area contributed by atoms with Gasteiger partial charge in [0, 0.05) is 6.07 Å². The van der Waals surface area contributed by atoms with E-state index in [1.807, 2.05) is 30.3 Å². The van der Waals surface area contributed by atoms with Gasteiger partial charge in [-0.2, -0.15) is 0 Å². The van der Waals surface area contributed by atoms with Crippen LogP contribution in [0.3, 0.4) is 0 Å². The van der Waals surface area contributed by atoms with Crippen molar-refractivity contribution in [2.45, 2.75) is 26.3 Å². The number of ether oxygens (including phenoxy) is 2. The minimum atomic E-state index is -3.76. The molecule has 0 unspecified atom stereocenters. The molecule has 7 nitrogen and oxygen atoms in total. The second kappa shape index (κ2) is 10.3. The highest BCUT2D eigenvalue weighted by Gasteiger charge is 2.26. The van der Waals surface area contributed by atoms with Gasteiger partial charge >= 0.3 is 0 Å². The van der Waals surface area contributed by atoms with E-state index in [-0.39, 0.29) is 18.3 Å². The maximum absolute atomic E-state index is 12.9. The monoisotopic (exact) mass is 434 g/mol. The fourth-order valence-corrected chi connectivity index (χ4v) is 4.03. The summed E-state index contributed by atoms with van der Waals surface area (Å²) in [6.07, 6.45) is 1.79. The van der Waals surface area contributed by atoms with Crippen LogP contribution in [0.1, 0.15) is 31.9 Å². The van der Waals surface area contributed by atoms with Gasteiger partial charge in [0.05, 0.1) is 32.2 Å². The summed E-state index contributed by atoms with van der Waals surface area (Å²) in [6.45, 7) is 3.78. The van der Waals surface area contributed by atoms with Crippen molar-refractivity contribution in [1.82, 2.24) is 5.32 Å². The number of hydrogen-bond donors (Lipinski definition) is 1. The summed E-state index contributed by atoms with van der Waals surface area (Å²) in [6, 6.07) is 14.2. The molecule has 0 radical (unpaired) electrons. The molecule has 164 valence electrons. The minimum Gasteiger partial charge on any atom is -0.497 e. The molecule has 30 heavy (non-hydrogen) atoms. The number of carbonyl (C=O) groups excluding carboxylic acids is 1. The second-order valence-electron chi connectivity index (χ2n) is 7.47. The first-order valence-electron chi connectivity index (χ1n) is 9.69. The third-order valence-electron chi connectivity index (χ3n) is 4.59. The number of nitrogens with one attached hydrogen (secondary N) is 1. The maximum Gasteiger partial charge on any atom is 0.241 e. The average Bonchev–Trinajstić information content (AvgIpc) is 2.70. The van der Waals surface area contributed by atoms with Crippen LogP contribution in [0.4, 0.5) is 5.69 Å². The van der Waals surface area contributed by atoms with Crippen LogP contribution in [0, 0.1) is 5.92 Å². The van der Waals surface area contributed by atoms with E-state index in [1.165, 1.54) is 20.3 Å². The van der Waals surface area contributed by atoms with E-state index in [2.05, 4.69) is 19.2 Å². The summed E-state index contributed by atoms with van der Waals surface area (Å²) >= 11 is 0. The van der Waals surface area contributed by atoms with Gasteiger partial charge in [0.1, 0.15) is 18.0 Å². The van der Waals surface area contributed by atoms with E-state index in [9.17, 15) is 13.2 Å². The minimum absolute atomic E-state index is 0.215. The molecule has 0 aliphatic carbocycles. The average molecular weight is 435 g/mol. The molecular weight excluding hydrogens is 404 g/mol. The van der Waals surface area contributed by atoms with Gasteiger partial charge in [0.15, 0.2) is 0 Å². The lowest BCUT2D eigenvalue weighted by Crippen LogP contribution is -2.42. The highest BCUT2D eigenvalue weighted by molar-refractivity contribution is 7.92. The van der Waals surface area contributed by atoms with Gasteiger partial charge in [-0.1, -0.05) is 44.2 Å². The van der Waals surface area contributed by atoms with Gasteiger partial charge in [0.25, 0.3) is 0 Å². The molecule has 0 bridgehead atoms. The van der Waals surface area contributed by atoms with Crippen LogP contribution in [0.2, 0.25) is 0 Å². The molecule has 0 saturated carbocycles. The molecule has 1 N–H and O–H groups in total. The Hall–Kier alpha value is -2.74. The maximum atomic E-state index is 12.9. The second-order valence-corrected chi connectivity index (χ2v) is 9.37. The zero-order valence-corrected chi connectivity index (χ0v) is 18.9. The van der Waals surface area contributed by atoms with Crippen LogP contribution < -0.4 is 19.1 Å². The molecule has 8 heteroatoms. The molecule has 0 saturated heterocycles. The fraction of sp³-hybridized carbons (Fsp3) is 0.409. The zero-order valence-electron chi connectivity index (χ0n) is 18.1. The van der Waals surface area contributed by atoms with Gasteiger partial charge in [-0.25, -0.2) is 8.42 Å². The number of nitrogens with zero attached hydrogens (tertiary/aromatic N) is 1. The van der Waals surface area contributed by atoms with Crippen molar-refractivity contribution in [3.8, 4) is 11.5 Å². The number of hydrogen-bond acceptors (Lipinski definition) is 5. The molecule has 0 aromatic heterocycles. The first kappa shape index (κ1) is 23.5. The van der Waals surface area contributed by atoms with Gasteiger partial charge in [-0.15, -0.1) is 0 Å². The predicted octanol–water partition coefficient (Wildman–Crippen LogP) is 3.37. The van der Waals surface area contributed by atoms with Crippen molar-refractivity contribution in [2.75, 3.05) is 31.3 Å². The molecule has 2 aromatic carbocycles. The molecule has 0 fully saturated rings. The topological polar surface area (TPSA) is 84.9 Å². The standard InChI is InChI=1S/C22H30N2O5S/c1-16(2)13-19(17-9-7-6-8-10-17)23-22(25)15-24(30(5,26)27)20-14-18(28-3)11-12-21(20)29-4/h6-12,14,16,19H,13,15H2,1-5H3,(H,23,25)/t19-/m0/s1. The highest BCUT2D eigenvalue weighted by atomic mass is 32.2. The summed E-state index contributed by atoms with van der Waals surface area (Å²) in [5, 5.41) is 2.99. The Balaban J connectivity index is 2.32. The van der Waals surface area contributed by atoms with E-state index in [4.69, 9.17) is 9.47 Å². The fourth-order valence-electron chi connectivity index (χ4n) is 3.18. The number of methoxy groups -OCH3 is 2. The van der Waals surface area contributed by atoms with Crippen LogP contribution >= 0.6 is 0 Å². The normalized spacial score (nSPS) is 12.3. The van der Waals surface area contributed by atoms with E-state index in [1.54, 1.807) is 12.1 Å². The Bertz CT molecular complexity index is 945. The SMILES string of the molecule is COc1ccc(OC)c(N(CC(=O)N[C@@H](CC(C)C)c2ccccc2)S(C)(=O)=O)c1. The molecule has 0 aliphatic rings. The number of sulfonamides is 1. The van der Waals surface area contributed by atoms with Crippen LogP contribution in [-0.4, -0.2) is 41.3 Å². The predicted molar refractivity (Wildman–Crippen MR) is 119 cm³/mol. The third-order valence-corrected chi connectivity index (χ3v) is 5.71. The number of amides is 1. The number of benzene rings is 2. The molecule has 1 amide bonds. The molecule has 2 aromatic rings. The van der Waals surface area contributed by atoms with Gasteiger partial charge < -0.3 is 14.8 Å². The van der Waals surface area contributed by atoms with Crippen molar-refractivity contribution in [3.05, 3.63) is 54.1 Å². The van der Waals surface area contributed by atoms with Gasteiger partial charge in [-0.3, -0.25) is 9.10 Å². The Labute approximate surface area is 179 Å². The van der Waals surface area contributed by atoms with E-state index < -0.39 is 15.9 Å².